The zero-order chi connectivity index (χ0) is 11.8. The van der Waals surface area contributed by atoms with E-state index in [9.17, 15) is 0 Å². The summed E-state index contributed by atoms with van der Waals surface area (Å²) in [6.45, 7) is 5.08. The normalized spacial score (nSPS) is 10.1. The molecule has 0 unspecified atom stereocenters. The highest BCUT2D eigenvalue weighted by Crippen LogP contribution is 2.25. The Kier molecular flexibility index (Phi) is 4.94. The molecule has 0 aromatic heterocycles. The van der Waals surface area contributed by atoms with Gasteiger partial charge in [-0.3, -0.25) is 0 Å². The number of rotatable bonds is 5. The summed E-state index contributed by atoms with van der Waals surface area (Å²) < 4.78 is 10.8. The minimum atomic E-state index is 0.599. The van der Waals surface area contributed by atoms with Gasteiger partial charge in [-0.25, -0.2) is 0 Å². The van der Waals surface area contributed by atoms with Crippen LogP contribution >= 0.6 is 0 Å². The fraction of sp³-hybridized carbons (Fsp3) is 0.308. The number of allylic oxidation sites excluding steroid dienone is 1. The van der Waals surface area contributed by atoms with E-state index in [2.05, 4.69) is 0 Å². The summed E-state index contributed by atoms with van der Waals surface area (Å²) >= 11 is 0. The molecule has 0 aliphatic rings. The molecule has 0 fully saturated rings. The average molecular weight is 217 g/mol. The zero-order valence-corrected chi connectivity index (χ0v) is 9.56. The van der Waals surface area contributed by atoms with Crippen molar-refractivity contribution >= 4 is 6.08 Å². The number of nitriles is 1. The van der Waals surface area contributed by atoms with Gasteiger partial charge in [0.15, 0.2) is 0 Å². The number of hydrogen-bond acceptors (Lipinski definition) is 3. The van der Waals surface area contributed by atoms with Crippen LogP contribution in [0.2, 0.25) is 0 Å². The molecule has 1 aromatic rings. The Balaban J connectivity index is 3.01. The Hall–Kier alpha value is -1.95. The maximum Gasteiger partial charge on any atom is 0.126 e. The van der Waals surface area contributed by atoms with E-state index in [1.807, 2.05) is 38.1 Å². The lowest BCUT2D eigenvalue weighted by atomic mass is 10.1. The van der Waals surface area contributed by atoms with Gasteiger partial charge in [0.25, 0.3) is 0 Å². The number of hydrogen-bond donors (Lipinski definition) is 0. The van der Waals surface area contributed by atoms with Crippen LogP contribution in [0.4, 0.5) is 0 Å². The predicted molar refractivity (Wildman–Crippen MR) is 63.4 cm³/mol. The average Bonchev–Trinajstić information content (AvgIpc) is 2.30. The summed E-state index contributed by atoms with van der Waals surface area (Å²) in [6.07, 6.45) is 3.14. The Labute approximate surface area is 95.9 Å². The summed E-state index contributed by atoms with van der Waals surface area (Å²) in [5.74, 6) is 1.54. The second-order valence-electron chi connectivity index (χ2n) is 3.03. The van der Waals surface area contributed by atoms with Crippen LogP contribution < -0.4 is 9.47 Å². The second kappa shape index (κ2) is 6.52. The van der Waals surface area contributed by atoms with E-state index in [4.69, 9.17) is 14.7 Å². The van der Waals surface area contributed by atoms with Gasteiger partial charge in [0.1, 0.15) is 11.5 Å². The summed E-state index contributed by atoms with van der Waals surface area (Å²) in [5.41, 5.74) is 0.856. The molecule has 1 rings (SSSR count). The van der Waals surface area contributed by atoms with Crippen molar-refractivity contribution in [1.82, 2.24) is 0 Å². The fourth-order valence-electron chi connectivity index (χ4n) is 1.33. The minimum absolute atomic E-state index is 0.599. The molecule has 0 saturated heterocycles. The van der Waals surface area contributed by atoms with Crippen LogP contribution in [0, 0.1) is 11.3 Å². The molecule has 3 nitrogen and oxygen atoms in total. The van der Waals surface area contributed by atoms with Gasteiger partial charge in [-0.15, -0.1) is 0 Å². The number of nitrogens with zero attached hydrogens (tertiary/aromatic N) is 1. The standard InChI is InChI=1S/C13H15NO2/c1-3-15-12-7-8-13(16-4-2)11(10-12)6-5-9-14/h5-8,10H,3-4H2,1-2H3. The van der Waals surface area contributed by atoms with Crippen LogP contribution in [-0.4, -0.2) is 13.2 Å². The molecule has 16 heavy (non-hydrogen) atoms. The molecule has 0 N–H and O–H groups in total. The fourth-order valence-corrected chi connectivity index (χ4v) is 1.33. The Bertz CT molecular complexity index is 405. The van der Waals surface area contributed by atoms with Gasteiger partial charge >= 0.3 is 0 Å². The summed E-state index contributed by atoms with van der Waals surface area (Å²) in [7, 11) is 0. The smallest absolute Gasteiger partial charge is 0.126 e. The van der Waals surface area contributed by atoms with Crippen molar-refractivity contribution in [3.63, 3.8) is 0 Å². The van der Waals surface area contributed by atoms with E-state index < -0.39 is 0 Å². The van der Waals surface area contributed by atoms with Crippen molar-refractivity contribution in [1.29, 1.82) is 5.26 Å². The van der Waals surface area contributed by atoms with E-state index >= 15 is 0 Å². The first-order chi connectivity index (χ1) is 7.81. The van der Waals surface area contributed by atoms with Crippen LogP contribution in [0.25, 0.3) is 6.08 Å². The molecule has 3 heteroatoms. The molecule has 0 saturated carbocycles. The summed E-state index contributed by atoms with van der Waals surface area (Å²) in [6, 6.07) is 7.54. The van der Waals surface area contributed by atoms with Crippen molar-refractivity contribution in [2.24, 2.45) is 0 Å². The highest BCUT2D eigenvalue weighted by atomic mass is 16.5. The number of benzene rings is 1. The van der Waals surface area contributed by atoms with E-state index in [0.717, 1.165) is 17.1 Å². The van der Waals surface area contributed by atoms with E-state index in [1.54, 1.807) is 6.08 Å². The SMILES string of the molecule is CCOc1ccc(OCC)c(C=CC#N)c1. The molecular formula is C13H15NO2. The van der Waals surface area contributed by atoms with Gasteiger partial charge < -0.3 is 9.47 Å². The minimum Gasteiger partial charge on any atom is -0.494 e. The Morgan fingerprint density at radius 1 is 1.25 bits per heavy atom. The van der Waals surface area contributed by atoms with Crippen molar-refractivity contribution in [2.45, 2.75) is 13.8 Å². The van der Waals surface area contributed by atoms with Gasteiger partial charge in [-0.1, -0.05) is 0 Å². The van der Waals surface area contributed by atoms with Crippen LogP contribution in [0.3, 0.4) is 0 Å². The van der Waals surface area contributed by atoms with Gasteiger partial charge in [0, 0.05) is 11.6 Å². The largest absolute Gasteiger partial charge is 0.494 e. The highest BCUT2D eigenvalue weighted by Gasteiger charge is 2.02. The molecule has 0 spiro atoms. The summed E-state index contributed by atoms with van der Waals surface area (Å²) in [5, 5.41) is 8.51. The zero-order valence-electron chi connectivity index (χ0n) is 9.56. The van der Waals surface area contributed by atoms with Crippen LogP contribution in [0.15, 0.2) is 24.3 Å². The first-order valence-electron chi connectivity index (χ1n) is 5.27. The Morgan fingerprint density at radius 3 is 2.62 bits per heavy atom. The quantitative estimate of drug-likeness (QED) is 0.712. The van der Waals surface area contributed by atoms with Gasteiger partial charge in [0.05, 0.1) is 19.3 Å². The van der Waals surface area contributed by atoms with E-state index in [1.165, 1.54) is 6.08 Å². The molecule has 0 aliphatic heterocycles. The third-order valence-electron chi connectivity index (χ3n) is 1.93. The second-order valence-corrected chi connectivity index (χ2v) is 3.03. The molecule has 1 aromatic carbocycles. The molecule has 0 atom stereocenters. The van der Waals surface area contributed by atoms with E-state index in [0.29, 0.717) is 13.2 Å². The van der Waals surface area contributed by atoms with Crippen molar-refractivity contribution in [3.8, 4) is 17.6 Å². The van der Waals surface area contributed by atoms with Gasteiger partial charge in [-0.2, -0.15) is 5.26 Å². The molecule has 84 valence electrons. The van der Waals surface area contributed by atoms with Crippen molar-refractivity contribution < 1.29 is 9.47 Å². The van der Waals surface area contributed by atoms with Crippen molar-refractivity contribution in [3.05, 3.63) is 29.8 Å². The monoisotopic (exact) mass is 217 g/mol. The maximum atomic E-state index is 8.51. The number of ether oxygens (including phenoxy) is 2. The Morgan fingerprint density at radius 2 is 2.00 bits per heavy atom. The van der Waals surface area contributed by atoms with E-state index in [-0.39, 0.29) is 0 Å². The molecule has 0 amide bonds. The van der Waals surface area contributed by atoms with Crippen LogP contribution in [0.5, 0.6) is 11.5 Å². The van der Waals surface area contributed by atoms with Gasteiger partial charge in [-0.05, 0) is 38.1 Å². The first-order valence-corrected chi connectivity index (χ1v) is 5.27. The third-order valence-corrected chi connectivity index (χ3v) is 1.93. The van der Waals surface area contributed by atoms with Gasteiger partial charge in [0.2, 0.25) is 0 Å². The lowest BCUT2D eigenvalue weighted by Gasteiger charge is -2.09. The van der Waals surface area contributed by atoms with Crippen LogP contribution in [-0.2, 0) is 0 Å². The molecule has 0 radical (unpaired) electrons. The lowest BCUT2D eigenvalue weighted by molar-refractivity contribution is 0.330. The highest BCUT2D eigenvalue weighted by molar-refractivity contribution is 5.61. The predicted octanol–water partition coefficient (Wildman–Crippen LogP) is 3.02. The summed E-state index contributed by atoms with van der Waals surface area (Å²) in [4.78, 5) is 0. The molecule has 0 aliphatic carbocycles. The molecule has 0 heterocycles. The molecule has 0 bridgehead atoms. The van der Waals surface area contributed by atoms with Crippen molar-refractivity contribution in [2.75, 3.05) is 13.2 Å². The van der Waals surface area contributed by atoms with Crippen LogP contribution in [0.1, 0.15) is 19.4 Å². The topological polar surface area (TPSA) is 42.2 Å². The molecular weight excluding hydrogens is 202 g/mol. The third kappa shape index (κ3) is 3.32. The first kappa shape index (κ1) is 12.1. The maximum absolute atomic E-state index is 8.51. The lowest BCUT2D eigenvalue weighted by Crippen LogP contribution is -1.96.